The highest BCUT2D eigenvalue weighted by molar-refractivity contribution is 6.31. The number of carbonyl (C=O) groups is 1. The molecule has 4 rings (SSSR count). The van der Waals surface area contributed by atoms with Gasteiger partial charge >= 0.3 is 5.97 Å². The zero-order valence-corrected chi connectivity index (χ0v) is 15.9. The molecule has 0 spiro atoms. The van der Waals surface area contributed by atoms with Crippen LogP contribution in [0.25, 0.3) is 5.69 Å². The molecule has 0 radical (unpaired) electrons. The molecule has 1 aliphatic heterocycles. The molecule has 1 aromatic heterocycles. The summed E-state index contributed by atoms with van der Waals surface area (Å²) in [5.41, 5.74) is 3.13. The number of fused-ring (bicyclic) bond motifs is 3. The van der Waals surface area contributed by atoms with Crippen LogP contribution in [0.4, 0.5) is 4.39 Å². The van der Waals surface area contributed by atoms with Crippen molar-refractivity contribution in [3.05, 3.63) is 81.9 Å². The van der Waals surface area contributed by atoms with Crippen molar-refractivity contribution < 1.29 is 13.9 Å². The van der Waals surface area contributed by atoms with Crippen LogP contribution in [-0.2, 0) is 11.3 Å². The van der Waals surface area contributed by atoms with Crippen LogP contribution in [-0.4, -0.2) is 28.1 Å². The Morgan fingerprint density at radius 2 is 2.04 bits per heavy atom. The fourth-order valence-electron chi connectivity index (χ4n) is 3.12. The Morgan fingerprint density at radius 1 is 1.21 bits per heavy atom. The first-order valence-electron chi connectivity index (χ1n) is 8.94. The van der Waals surface area contributed by atoms with Gasteiger partial charge in [0.05, 0.1) is 30.2 Å². The maximum absolute atomic E-state index is 14.4. The van der Waals surface area contributed by atoms with Gasteiger partial charge in [-0.25, -0.2) is 13.9 Å². The van der Waals surface area contributed by atoms with E-state index < -0.39 is 5.97 Å². The van der Waals surface area contributed by atoms with E-state index in [9.17, 15) is 9.18 Å². The molecule has 0 saturated carbocycles. The lowest BCUT2D eigenvalue weighted by Gasteiger charge is -2.12. The lowest BCUT2D eigenvalue weighted by Crippen LogP contribution is -2.11. The third-order valence-corrected chi connectivity index (χ3v) is 4.63. The molecule has 0 saturated heterocycles. The number of benzene rings is 2. The quantitative estimate of drug-likeness (QED) is 0.605. The molecule has 7 heteroatoms. The Hall–Kier alpha value is -2.99. The smallest absolute Gasteiger partial charge is 0.358 e. The number of halogens is 2. The highest BCUT2D eigenvalue weighted by atomic mass is 35.5. The van der Waals surface area contributed by atoms with E-state index in [1.807, 2.05) is 6.92 Å². The molecule has 0 N–H and O–H groups in total. The Bertz CT molecular complexity index is 1090. The maximum atomic E-state index is 14.4. The van der Waals surface area contributed by atoms with Gasteiger partial charge in [0.2, 0.25) is 0 Å². The summed E-state index contributed by atoms with van der Waals surface area (Å²) in [5, 5.41) is 4.92. The minimum Gasteiger partial charge on any atom is -0.461 e. The number of ether oxygens (including phenoxy) is 1. The molecule has 2 heterocycles. The monoisotopic (exact) mass is 397 g/mol. The van der Waals surface area contributed by atoms with Crippen LogP contribution in [0.3, 0.4) is 0 Å². The van der Waals surface area contributed by atoms with Gasteiger partial charge in [0, 0.05) is 16.1 Å². The van der Waals surface area contributed by atoms with Crippen LogP contribution in [0.2, 0.25) is 5.02 Å². The SMILES string of the molecule is CCCOC(=O)c1cc2n(n1)-c1ccc(Cl)cc1C(c1ccccc1F)=NC2. The number of carbonyl (C=O) groups excluding carboxylic acids is 1. The van der Waals surface area contributed by atoms with Crippen molar-refractivity contribution in [2.24, 2.45) is 4.99 Å². The molecule has 0 amide bonds. The first-order chi connectivity index (χ1) is 13.6. The molecule has 0 aliphatic carbocycles. The van der Waals surface area contributed by atoms with Crippen LogP contribution in [0.5, 0.6) is 0 Å². The van der Waals surface area contributed by atoms with Crippen LogP contribution >= 0.6 is 11.6 Å². The van der Waals surface area contributed by atoms with Crippen molar-refractivity contribution in [2.45, 2.75) is 19.9 Å². The summed E-state index contributed by atoms with van der Waals surface area (Å²) in [6, 6.07) is 13.4. The average molecular weight is 398 g/mol. The second kappa shape index (κ2) is 7.56. The van der Waals surface area contributed by atoms with E-state index in [-0.39, 0.29) is 18.1 Å². The van der Waals surface area contributed by atoms with Crippen molar-refractivity contribution in [2.75, 3.05) is 6.61 Å². The number of hydrogen-bond acceptors (Lipinski definition) is 4. The van der Waals surface area contributed by atoms with Gasteiger partial charge in [-0.2, -0.15) is 5.10 Å². The van der Waals surface area contributed by atoms with Gasteiger partial charge in [0.25, 0.3) is 0 Å². The summed E-state index contributed by atoms with van der Waals surface area (Å²) in [5.74, 6) is -0.841. The highest BCUT2D eigenvalue weighted by Crippen LogP contribution is 2.28. The summed E-state index contributed by atoms with van der Waals surface area (Å²) < 4.78 is 21.3. The number of aliphatic imine (C=N–C) groups is 1. The van der Waals surface area contributed by atoms with E-state index >= 15 is 0 Å². The van der Waals surface area contributed by atoms with E-state index in [0.717, 1.165) is 6.42 Å². The van der Waals surface area contributed by atoms with E-state index in [1.165, 1.54) is 6.07 Å². The van der Waals surface area contributed by atoms with Crippen molar-refractivity contribution in [1.29, 1.82) is 0 Å². The predicted octanol–water partition coefficient (Wildman–Crippen LogP) is 4.58. The standard InChI is InChI=1S/C21H17ClFN3O2/c1-2-9-28-21(27)18-11-14-12-24-20(15-5-3-4-6-17(15)23)16-10-13(22)7-8-19(16)26(14)25-18/h3-8,10-11H,2,9,12H2,1H3. The third-order valence-electron chi connectivity index (χ3n) is 4.40. The molecule has 1 aliphatic rings. The Kier molecular flexibility index (Phi) is 4.96. The van der Waals surface area contributed by atoms with Crippen LogP contribution < -0.4 is 0 Å². The van der Waals surface area contributed by atoms with Gasteiger partial charge in [0.15, 0.2) is 5.69 Å². The molecule has 3 aromatic rings. The Balaban J connectivity index is 1.84. The lowest BCUT2D eigenvalue weighted by molar-refractivity contribution is 0.0497. The molecule has 0 unspecified atom stereocenters. The van der Waals surface area contributed by atoms with Gasteiger partial charge in [-0.3, -0.25) is 4.99 Å². The molecule has 5 nitrogen and oxygen atoms in total. The average Bonchev–Trinajstić information content (AvgIpc) is 3.06. The van der Waals surface area contributed by atoms with Gasteiger partial charge in [-0.05, 0) is 42.8 Å². The normalized spacial score (nSPS) is 12.6. The lowest BCUT2D eigenvalue weighted by atomic mass is 10.00. The second-order valence-electron chi connectivity index (χ2n) is 6.37. The topological polar surface area (TPSA) is 56.5 Å². The minimum atomic E-state index is -0.476. The number of aromatic nitrogens is 2. The maximum Gasteiger partial charge on any atom is 0.358 e. The highest BCUT2D eigenvalue weighted by Gasteiger charge is 2.24. The van der Waals surface area contributed by atoms with E-state index in [1.54, 1.807) is 47.1 Å². The fraction of sp³-hybridized carbons (Fsp3) is 0.190. The summed E-state index contributed by atoms with van der Waals surface area (Å²) in [4.78, 5) is 16.8. The van der Waals surface area contributed by atoms with Crippen molar-refractivity contribution in [3.63, 3.8) is 0 Å². The predicted molar refractivity (Wildman–Crippen MR) is 105 cm³/mol. The summed E-state index contributed by atoms with van der Waals surface area (Å²) in [7, 11) is 0. The Morgan fingerprint density at radius 3 is 2.82 bits per heavy atom. The third kappa shape index (κ3) is 3.31. The number of nitrogens with zero attached hydrogens (tertiary/aromatic N) is 3. The van der Waals surface area contributed by atoms with E-state index in [2.05, 4.69) is 10.1 Å². The number of esters is 1. The second-order valence-corrected chi connectivity index (χ2v) is 6.81. The van der Waals surface area contributed by atoms with Gasteiger partial charge in [-0.15, -0.1) is 0 Å². The summed E-state index contributed by atoms with van der Waals surface area (Å²) >= 11 is 6.21. The number of rotatable bonds is 4. The first-order valence-corrected chi connectivity index (χ1v) is 9.32. The molecule has 0 atom stereocenters. The van der Waals surface area contributed by atoms with Gasteiger partial charge in [-0.1, -0.05) is 30.7 Å². The number of hydrogen-bond donors (Lipinski definition) is 0. The van der Waals surface area contributed by atoms with Crippen LogP contribution in [0, 0.1) is 5.82 Å². The molecular formula is C21H17ClFN3O2. The van der Waals surface area contributed by atoms with E-state index in [4.69, 9.17) is 16.3 Å². The Labute approximate surface area is 166 Å². The van der Waals surface area contributed by atoms with Gasteiger partial charge in [0.1, 0.15) is 5.82 Å². The summed E-state index contributed by atoms with van der Waals surface area (Å²) in [6.07, 6.45) is 0.733. The van der Waals surface area contributed by atoms with Crippen LogP contribution in [0.1, 0.15) is 40.7 Å². The zero-order chi connectivity index (χ0) is 19.7. The summed E-state index contributed by atoms with van der Waals surface area (Å²) in [6.45, 7) is 2.50. The minimum absolute atomic E-state index is 0.217. The molecule has 2 aromatic carbocycles. The molecule has 0 bridgehead atoms. The zero-order valence-electron chi connectivity index (χ0n) is 15.2. The molecule has 142 valence electrons. The van der Waals surface area contributed by atoms with Crippen molar-refractivity contribution in [3.8, 4) is 5.69 Å². The van der Waals surface area contributed by atoms with Gasteiger partial charge < -0.3 is 4.74 Å². The fourth-order valence-corrected chi connectivity index (χ4v) is 3.29. The largest absolute Gasteiger partial charge is 0.461 e. The molecule has 0 fully saturated rings. The first kappa shape index (κ1) is 18.4. The molecule has 28 heavy (non-hydrogen) atoms. The van der Waals surface area contributed by atoms with Crippen molar-refractivity contribution >= 4 is 23.3 Å². The van der Waals surface area contributed by atoms with Crippen LogP contribution in [0.15, 0.2) is 53.5 Å². The van der Waals surface area contributed by atoms with Crippen molar-refractivity contribution in [1.82, 2.24) is 9.78 Å². The molecular weight excluding hydrogens is 381 g/mol. The van der Waals surface area contributed by atoms with E-state index in [0.29, 0.717) is 39.8 Å².